The lowest BCUT2D eigenvalue weighted by Gasteiger charge is -2.36. The largest absolute Gasteiger partial charge is 0.494 e. The average molecular weight is 339 g/mol. The molecule has 130 valence electrons. The van der Waals surface area contributed by atoms with Crippen molar-refractivity contribution in [2.75, 3.05) is 32.8 Å². The first-order chi connectivity index (χ1) is 12.2. The van der Waals surface area contributed by atoms with E-state index in [1.807, 2.05) is 31.2 Å². The normalized spacial score (nSPS) is 16.2. The zero-order valence-corrected chi connectivity index (χ0v) is 14.2. The van der Waals surface area contributed by atoms with Gasteiger partial charge in [0.15, 0.2) is 5.76 Å². The first kappa shape index (κ1) is 17.1. The molecule has 2 aromatic rings. The Morgan fingerprint density at radius 3 is 2.52 bits per heavy atom. The van der Waals surface area contributed by atoms with Crippen LogP contribution in [0.25, 0.3) is 0 Å². The van der Waals surface area contributed by atoms with Gasteiger partial charge in [-0.3, -0.25) is 9.69 Å². The Hall–Kier alpha value is -2.78. The van der Waals surface area contributed by atoms with Crippen LogP contribution in [-0.4, -0.2) is 48.5 Å². The molecule has 0 aliphatic carbocycles. The molecule has 0 radical (unpaired) electrons. The van der Waals surface area contributed by atoms with E-state index in [9.17, 15) is 10.1 Å². The summed E-state index contributed by atoms with van der Waals surface area (Å²) in [5, 5.41) is 9.61. The topological polar surface area (TPSA) is 69.7 Å². The van der Waals surface area contributed by atoms with Crippen LogP contribution in [-0.2, 0) is 0 Å². The van der Waals surface area contributed by atoms with E-state index in [0.29, 0.717) is 38.5 Å². The van der Waals surface area contributed by atoms with Crippen LogP contribution < -0.4 is 4.74 Å². The van der Waals surface area contributed by atoms with Crippen molar-refractivity contribution in [3.63, 3.8) is 0 Å². The highest BCUT2D eigenvalue weighted by Crippen LogP contribution is 2.24. The SMILES string of the molecule is CCOc1ccc(C(C#N)N2CCN(C(=O)c3ccco3)CC2)cc1. The molecule has 1 aliphatic heterocycles. The lowest BCUT2D eigenvalue weighted by molar-refractivity contribution is 0.0576. The van der Waals surface area contributed by atoms with Crippen LogP contribution in [0.15, 0.2) is 47.1 Å². The zero-order chi connectivity index (χ0) is 17.6. The van der Waals surface area contributed by atoms with Gasteiger partial charge in [-0.1, -0.05) is 12.1 Å². The van der Waals surface area contributed by atoms with Gasteiger partial charge in [0, 0.05) is 26.2 Å². The Morgan fingerprint density at radius 2 is 1.96 bits per heavy atom. The predicted molar refractivity (Wildman–Crippen MR) is 92.1 cm³/mol. The molecule has 0 spiro atoms. The van der Waals surface area contributed by atoms with E-state index in [2.05, 4.69) is 11.0 Å². The average Bonchev–Trinajstić information content (AvgIpc) is 3.19. The highest BCUT2D eigenvalue weighted by molar-refractivity contribution is 5.91. The summed E-state index contributed by atoms with van der Waals surface area (Å²) in [6.07, 6.45) is 1.50. The second kappa shape index (κ2) is 7.86. The lowest BCUT2D eigenvalue weighted by atomic mass is 10.1. The molecule has 1 atom stereocenters. The molecule has 1 amide bonds. The Bertz CT molecular complexity index is 726. The summed E-state index contributed by atoms with van der Waals surface area (Å²) in [5.41, 5.74) is 0.941. The number of nitriles is 1. The predicted octanol–water partition coefficient (Wildman–Crippen LogP) is 2.70. The summed E-state index contributed by atoms with van der Waals surface area (Å²) in [4.78, 5) is 16.2. The fourth-order valence-corrected chi connectivity index (χ4v) is 3.02. The zero-order valence-electron chi connectivity index (χ0n) is 14.2. The summed E-state index contributed by atoms with van der Waals surface area (Å²) < 4.78 is 10.6. The molecule has 2 heterocycles. The Morgan fingerprint density at radius 1 is 1.24 bits per heavy atom. The van der Waals surface area contributed by atoms with Crippen LogP contribution in [0.4, 0.5) is 0 Å². The number of benzene rings is 1. The van der Waals surface area contributed by atoms with Crippen molar-refractivity contribution in [3.05, 3.63) is 54.0 Å². The number of nitrogens with zero attached hydrogens (tertiary/aromatic N) is 3. The fourth-order valence-electron chi connectivity index (χ4n) is 3.02. The van der Waals surface area contributed by atoms with Gasteiger partial charge in [0.25, 0.3) is 5.91 Å². The summed E-state index contributed by atoms with van der Waals surface area (Å²) in [6, 6.07) is 13.1. The molecule has 0 N–H and O–H groups in total. The first-order valence-corrected chi connectivity index (χ1v) is 8.42. The van der Waals surface area contributed by atoms with Gasteiger partial charge in [-0.2, -0.15) is 5.26 Å². The van der Waals surface area contributed by atoms with Crippen LogP contribution in [0.5, 0.6) is 5.75 Å². The van der Waals surface area contributed by atoms with Crippen molar-refractivity contribution < 1.29 is 13.9 Å². The van der Waals surface area contributed by atoms with Gasteiger partial charge < -0.3 is 14.1 Å². The fraction of sp³-hybridized carbons (Fsp3) is 0.368. The van der Waals surface area contributed by atoms with E-state index in [1.165, 1.54) is 6.26 Å². The van der Waals surface area contributed by atoms with Gasteiger partial charge in [-0.15, -0.1) is 0 Å². The molecule has 0 saturated carbocycles. The third-order valence-electron chi connectivity index (χ3n) is 4.33. The van der Waals surface area contributed by atoms with E-state index in [4.69, 9.17) is 9.15 Å². The number of rotatable bonds is 5. The maximum atomic E-state index is 12.3. The minimum atomic E-state index is -0.323. The van der Waals surface area contributed by atoms with E-state index in [0.717, 1.165) is 11.3 Å². The van der Waals surface area contributed by atoms with E-state index >= 15 is 0 Å². The second-order valence-electron chi connectivity index (χ2n) is 5.84. The summed E-state index contributed by atoms with van der Waals surface area (Å²) in [5.74, 6) is 1.06. The van der Waals surface area contributed by atoms with Gasteiger partial charge in [0.1, 0.15) is 11.8 Å². The Kier molecular flexibility index (Phi) is 5.36. The monoisotopic (exact) mass is 339 g/mol. The highest BCUT2D eigenvalue weighted by Gasteiger charge is 2.28. The van der Waals surface area contributed by atoms with Crippen molar-refractivity contribution in [1.29, 1.82) is 5.26 Å². The number of hydrogen-bond donors (Lipinski definition) is 0. The van der Waals surface area contributed by atoms with Crippen molar-refractivity contribution in [2.24, 2.45) is 0 Å². The quantitative estimate of drug-likeness (QED) is 0.838. The van der Waals surface area contributed by atoms with Crippen LogP contribution in [0.3, 0.4) is 0 Å². The van der Waals surface area contributed by atoms with E-state index in [-0.39, 0.29) is 11.9 Å². The van der Waals surface area contributed by atoms with Gasteiger partial charge in [-0.25, -0.2) is 0 Å². The summed E-state index contributed by atoms with van der Waals surface area (Å²) >= 11 is 0. The number of furan rings is 1. The van der Waals surface area contributed by atoms with Gasteiger partial charge in [0.2, 0.25) is 0 Å². The number of carbonyl (C=O) groups excluding carboxylic acids is 1. The highest BCUT2D eigenvalue weighted by atomic mass is 16.5. The van der Waals surface area contributed by atoms with Gasteiger partial charge in [-0.05, 0) is 36.8 Å². The summed E-state index contributed by atoms with van der Waals surface area (Å²) in [7, 11) is 0. The molecular weight excluding hydrogens is 318 g/mol. The Balaban J connectivity index is 1.62. The third-order valence-corrected chi connectivity index (χ3v) is 4.33. The Labute approximate surface area is 147 Å². The van der Waals surface area contributed by atoms with Crippen LogP contribution in [0.1, 0.15) is 29.1 Å². The second-order valence-corrected chi connectivity index (χ2v) is 5.84. The number of carbonyl (C=O) groups is 1. The summed E-state index contributed by atoms with van der Waals surface area (Å²) in [6.45, 7) is 5.02. The van der Waals surface area contributed by atoms with Gasteiger partial charge in [0.05, 0.1) is 18.9 Å². The molecule has 1 fully saturated rings. The number of piperazine rings is 1. The number of amides is 1. The lowest BCUT2D eigenvalue weighted by Crippen LogP contribution is -2.49. The van der Waals surface area contributed by atoms with Crippen LogP contribution in [0, 0.1) is 11.3 Å². The molecule has 3 rings (SSSR count). The van der Waals surface area contributed by atoms with Crippen molar-refractivity contribution >= 4 is 5.91 Å². The van der Waals surface area contributed by atoms with Crippen molar-refractivity contribution in [3.8, 4) is 11.8 Å². The molecule has 1 aromatic heterocycles. The van der Waals surface area contributed by atoms with E-state index < -0.39 is 0 Å². The molecule has 1 unspecified atom stereocenters. The van der Waals surface area contributed by atoms with Crippen LogP contribution >= 0.6 is 0 Å². The molecule has 1 aliphatic rings. The molecule has 6 heteroatoms. The van der Waals surface area contributed by atoms with E-state index in [1.54, 1.807) is 17.0 Å². The smallest absolute Gasteiger partial charge is 0.289 e. The van der Waals surface area contributed by atoms with Crippen molar-refractivity contribution in [2.45, 2.75) is 13.0 Å². The minimum Gasteiger partial charge on any atom is -0.494 e. The molecule has 6 nitrogen and oxygen atoms in total. The van der Waals surface area contributed by atoms with Gasteiger partial charge >= 0.3 is 0 Å². The maximum Gasteiger partial charge on any atom is 0.289 e. The molecule has 1 saturated heterocycles. The molecule has 0 bridgehead atoms. The molecular formula is C19H21N3O3. The standard InChI is InChI=1S/C19H21N3O3/c1-2-24-16-7-5-15(6-8-16)17(14-20)21-9-11-22(12-10-21)19(23)18-4-3-13-25-18/h3-8,13,17H,2,9-12H2,1H3. The maximum absolute atomic E-state index is 12.3. The van der Waals surface area contributed by atoms with Crippen molar-refractivity contribution in [1.82, 2.24) is 9.80 Å². The minimum absolute atomic E-state index is 0.0979. The third kappa shape index (κ3) is 3.83. The number of ether oxygens (including phenoxy) is 1. The number of hydrogen-bond acceptors (Lipinski definition) is 5. The first-order valence-electron chi connectivity index (χ1n) is 8.42. The molecule has 25 heavy (non-hydrogen) atoms. The molecule has 1 aromatic carbocycles. The van der Waals surface area contributed by atoms with Crippen LogP contribution in [0.2, 0.25) is 0 Å².